The van der Waals surface area contributed by atoms with Crippen LogP contribution in [0.15, 0.2) is 54.9 Å². The molecule has 4 rings (SSSR count). The van der Waals surface area contributed by atoms with Gasteiger partial charge in [0.05, 0.1) is 11.9 Å². The number of pyridine rings is 2. The number of carboxylic acid groups (broad SMARTS) is 1. The molecule has 150 valence electrons. The van der Waals surface area contributed by atoms with Gasteiger partial charge in [-0.05, 0) is 38.1 Å². The molecule has 0 spiro atoms. The highest BCUT2D eigenvalue weighted by Crippen LogP contribution is 2.39. The van der Waals surface area contributed by atoms with E-state index in [1.807, 2.05) is 26.0 Å². The predicted molar refractivity (Wildman–Crippen MR) is 113 cm³/mol. The number of fused-ring (bicyclic) bond motifs is 1. The Bertz CT molecular complexity index is 1290. The lowest BCUT2D eigenvalue weighted by molar-refractivity contribution is -0.131. The fourth-order valence-corrected chi connectivity index (χ4v) is 3.55. The SMILES string of the molecule is CCn1ncc2c(-c3cccnc3C)c(/C=C/C(=O)O)c(-c3ccccc3F)nc21. The molecule has 0 saturated carbocycles. The Morgan fingerprint density at radius 3 is 2.67 bits per heavy atom. The molecule has 0 atom stereocenters. The Kier molecular flexibility index (Phi) is 5.10. The summed E-state index contributed by atoms with van der Waals surface area (Å²) in [5.74, 6) is -1.54. The summed E-state index contributed by atoms with van der Waals surface area (Å²) in [7, 11) is 0. The highest BCUT2D eigenvalue weighted by Gasteiger charge is 2.22. The number of aromatic nitrogens is 4. The number of rotatable bonds is 5. The minimum Gasteiger partial charge on any atom is -0.478 e. The molecule has 4 aromatic rings. The molecular formula is C23H19FN4O2. The normalized spacial score (nSPS) is 11.4. The van der Waals surface area contributed by atoms with Crippen LogP contribution in [0.3, 0.4) is 0 Å². The number of nitrogens with zero attached hydrogens (tertiary/aromatic N) is 4. The maximum absolute atomic E-state index is 14.8. The lowest BCUT2D eigenvalue weighted by atomic mass is 9.92. The van der Waals surface area contributed by atoms with Crippen LogP contribution < -0.4 is 0 Å². The Hall–Kier alpha value is -3.87. The van der Waals surface area contributed by atoms with Gasteiger partial charge in [-0.2, -0.15) is 5.10 Å². The second kappa shape index (κ2) is 7.87. The largest absolute Gasteiger partial charge is 0.478 e. The van der Waals surface area contributed by atoms with Gasteiger partial charge in [0.1, 0.15) is 5.82 Å². The van der Waals surface area contributed by atoms with Gasteiger partial charge in [0.25, 0.3) is 0 Å². The molecule has 0 unspecified atom stereocenters. The first-order valence-corrected chi connectivity index (χ1v) is 9.48. The highest BCUT2D eigenvalue weighted by molar-refractivity contribution is 6.03. The van der Waals surface area contributed by atoms with E-state index in [0.29, 0.717) is 23.4 Å². The van der Waals surface area contributed by atoms with E-state index in [-0.39, 0.29) is 5.56 Å². The summed E-state index contributed by atoms with van der Waals surface area (Å²) < 4.78 is 16.5. The molecule has 7 heteroatoms. The Morgan fingerprint density at radius 1 is 1.20 bits per heavy atom. The standard InChI is InChI=1S/C23H19FN4O2/c1-3-28-23-18(13-26-28)21(15-8-6-12-25-14(15)2)17(10-11-20(29)30)22(27-23)16-7-4-5-9-19(16)24/h4-13H,3H2,1-2H3,(H,29,30)/b11-10+. The second-order valence-electron chi connectivity index (χ2n) is 6.73. The number of benzene rings is 1. The third-order valence-corrected chi connectivity index (χ3v) is 4.92. The summed E-state index contributed by atoms with van der Waals surface area (Å²) in [6.45, 7) is 4.41. The van der Waals surface area contributed by atoms with Crippen molar-refractivity contribution < 1.29 is 14.3 Å². The molecule has 6 nitrogen and oxygen atoms in total. The summed E-state index contributed by atoms with van der Waals surface area (Å²) in [5, 5.41) is 14.4. The first-order chi connectivity index (χ1) is 14.5. The number of carboxylic acids is 1. The quantitative estimate of drug-likeness (QED) is 0.488. The monoisotopic (exact) mass is 402 g/mol. The van der Waals surface area contributed by atoms with Gasteiger partial charge in [-0.1, -0.05) is 18.2 Å². The molecule has 0 amide bonds. The molecule has 3 heterocycles. The molecule has 0 fully saturated rings. The second-order valence-corrected chi connectivity index (χ2v) is 6.73. The first-order valence-electron chi connectivity index (χ1n) is 9.48. The van der Waals surface area contributed by atoms with Crippen LogP contribution in [-0.4, -0.2) is 30.8 Å². The lowest BCUT2D eigenvalue weighted by Gasteiger charge is -2.16. The van der Waals surface area contributed by atoms with Crippen LogP contribution in [0.1, 0.15) is 18.2 Å². The predicted octanol–water partition coefficient (Wildman–Crippen LogP) is 4.73. The Morgan fingerprint density at radius 2 is 1.97 bits per heavy atom. The fourth-order valence-electron chi connectivity index (χ4n) is 3.55. The van der Waals surface area contributed by atoms with Crippen molar-refractivity contribution in [3.63, 3.8) is 0 Å². The van der Waals surface area contributed by atoms with E-state index in [1.54, 1.807) is 35.3 Å². The van der Waals surface area contributed by atoms with E-state index < -0.39 is 11.8 Å². The number of hydrogen-bond donors (Lipinski definition) is 1. The fraction of sp³-hybridized carbons (Fsp3) is 0.130. The van der Waals surface area contributed by atoms with Gasteiger partial charge >= 0.3 is 5.97 Å². The van der Waals surface area contributed by atoms with Crippen LogP contribution in [0.5, 0.6) is 0 Å². The third-order valence-electron chi connectivity index (χ3n) is 4.92. The number of hydrogen-bond acceptors (Lipinski definition) is 4. The maximum Gasteiger partial charge on any atom is 0.328 e. The minimum absolute atomic E-state index is 0.288. The first kappa shape index (κ1) is 19.4. The Labute approximate surface area is 172 Å². The van der Waals surface area contributed by atoms with Crippen molar-refractivity contribution in [1.82, 2.24) is 19.7 Å². The molecule has 1 aromatic carbocycles. The van der Waals surface area contributed by atoms with Crippen LogP contribution >= 0.6 is 0 Å². The zero-order chi connectivity index (χ0) is 21.3. The van der Waals surface area contributed by atoms with Crippen LogP contribution in [0, 0.1) is 12.7 Å². The highest BCUT2D eigenvalue weighted by atomic mass is 19.1. The van der Waals surface area contributed by atoms with Crippen molar-refractivity contribution in [1.29, 1.82) is 0 Å². The molecule has 0 aliphatic heterocycles. The van der Waals surface area contributed by atoms with Crippen LogP contribution in [0.2, 0.25) is 0 Å². The number of aliphatic carboxylic acids is 1. The molecule has 0 radical (unpaired) electrons. The maximum atomic E-state index is 14.8. The van der Waals surface area contributed by atoms with Crippen molar-refractivity contribution in [3.8, 4) is 22.4 Å². The molecular weight excluding hydrogens is 383 g/mol. The average Bonchev–Trinajstić information content (AvgIpc) is 3.15. The topological polar surface area (TPSA) is 80.9 Å². The smallest absolute Gasteiger partial charge is 0.328 e. The summed E-state index contributed by atoms with van der Waals surface area (Å²) in [5.41, 5.74) is 4.04. The van der Waals surface area contributed by atoms with Crippen LogP contribution in [0.4, 0.5) is 4.39 Å². The molecule has 3 aromatic heterocycles. The molecule has 0 saturated heterocycles. The van der Waals surface area contributed by atoms with E-state index in [9.17, 15) is 14.3 Å². The Balaban J connectivity index is 2.20. The van der Waals surface area contributed by atoms with Gasteiger partial charge < -0.3 is 5.11 Å². The van der Waals surface area contributed by atoms with Crippen molar-refractivity contribution in [2.24, 2.45) is 0 Å². The molecule has 30 heavy (non-hydrogen) atoms. The summed E-state index contributed by atoms with van der Waals surface area (Å²) in [6, 6.07) is 10.0. The van der Waals surface area contributed by atoms with Gasteiger partial charge in [-0.15, -0.1) is 0 Å². The zero-order valence-corrected chi connectivity index (χ0v) is 16.5. The number of aryl methyl sites for hydroxylation is 2. The van der Waals surface area contributed by atoms with E-state index in [1.165, 1.54) is 12.1 Å². The van der Waals surface area contributed by atoms with Gasteiger partial charge in [0, 0.05) is 52.2 Å². The number of carbonyl (C=O) groups is 1. The van der Waals surface area contributed by atoms with Crippen LogP contribution in [0.25, 0.3) is 39.5 Å². The van der Waals surface area contributed by atoms with E-state index in [4.69, 9.17) is 4.98 Å². The van der Waals surface area contributed by atoms with E-state index in [0.717, 1.165) is 28.3 Å². The van der Waals surface area contributed by atoms with Gasteiger partial charge in [0.15, 0.2) is 5.65 Å². The summed E-state index contributed by atoms with van der Waals surface area (Å²) in [6.07, 6.45) is 5.89. The average molecular weight is 402 g/mol. The molecule has 0 aliphatic carbocycles. The summed E-state index contributed by atoms with van der Waals surface area (Å²) in [4.78, 5) is 20.4. The van der Waals surface area contributed by atoms with Gasteiger partial charge in [-0.25, -0.2) is 18.9 Å². The van der Waals surface area contributed by atoms with Crippen molar-refractivity contribution >= 4 is 23.1 Å². The molecule has 1 N–H and O–H groups in total. The zero-order valence-electron chi connectivity index (χ0n) is 16.5. The lowest BCUT2D eigenvalue weighted by Crippen LogP contribution is -2.02. The minimum atomic E-state index is -1.10. The van der Waals surface area contributed by atoms with E-state index in [2.05, 4.69) is 10.1 Å². The van der Waals surface area contributed by atoms with Crippen molar-refractivity contribution in [3.05, 3.63) is 71.9 Å². The summed E-state index contributed by atoms with van der Waals surface area (Å²) >= 11 is 0. The third kappa shape index (κ3) is 3.34. The number of halogens is 1. The van der Waals surface area contributed by atoms with Crippen molar-refractivity contribution in [2.45, 2.75) is 20.4 Å². The van der Waals surface area contributed by atoms with E-state index >= 15 is 0 Å². The molecule has 0 aliphatic rings. The van der Waals surface area contributed by atoms with Gasteiger partial charge in [0.2, 0.25) is 0 Å². The van der Waals surface area contributed by atoms with Crippen LogP contribution in [-0.2, 0) is 11.3 Å². The van der Waals surface area contributed by atoms with Crippen molar-refractivity contribution in [2.75, 3.05) is 0 Å². The van der Waals surface area contributed by atoms with Gasteiger partial charge in [-0.3, -0.25) is 4.98 Å². The molecule has 0 bridgehead atoms.